The molecular weight excluding hydrogens is 604 g/mol. The minimum Gasteiger partial charge on any atom is -0.507 e. The molecule has 7 atom stereocenters. The number of phenolic OH excluding ortho intramolecular Hbond substituents is 1. The van der Waals surface area contributed by atoms with Crippen LogP contribution >= 0.6 is 11.8 Å². The summed E-state index contributed by atoms with van der Waals surface area (Å²) >= 11 is 1.30. The van der Waals surface area contributed by atoms with Crippen LogP contribution in [0.5, 0.6) is 17.2 Å². The van der Waals surface area contributed by atoms with Gasteiger partial charge in [-0.15, -0.1) is 11.8 Å². The molecule has 0 radical (unpaired) electrons. The van der Waals surface area contributed by atoms with E-state index in [1.54, 1.807) is 13.8 Å². The molecule has 2 saturated heterocycles. The fourth-order valence-electron chi connectivity index (χ4n) is 8.06. The number of nitriles is 1. The van der Waals surface area contributed by atoms with Crippen molar-refractivity contribution in [1.29, 1.82) is 5.26 Å². The summed E-state index contributed by atoms with van der Waals surface area (Å²) in [5.41, 5.74) is 2.46. The molecule has 2 fully saturated rings. The number of Topliss-reactive ketones (excluding diaryl/α,β-unsaturated/α-hetero) is 2. The van der Waals surface area contributed by atoms with E-state index in [1.165, 1.54) is 25.8 Å². The van der Waals surface area contributed by atoms with Gasteiger partial charge in [0.1, 0.15) is 24.4 Å². The molecule has 13 nitrogen and oxygen atoms in total. The van der Waals surface area contributed by atoms with Crippen molar-refractivity contribution < 1.29 is 43.2 Å². The molecule has 1 aromatic rings. The predicted molar refractivity (Wildman–Crippen MR) is 157 cm³/mol. The highest BCUT2D eigenvalue weighted by molar-refractivity contribution is 7.99. The van der Waals surface area contributed by atoms with Gasteiger partial charge in [-0.1, -0.05) is 0 Å². The molecule has 14 heteroatoms. The number of piperazine rings is 1. The Morgan fingerprint density at radius 3 is 2.56 bits per heavy atom. The highest BCUT2D eigenvalue weighted by Gasteiger charge is 2.62. The SMILES string of the molecule is COC1=C(C)C(=O)C2=C(C1=O)C1[C@@H]3[C@@H]4SCC(NC(C)=O)C(=O)OC[C@@H](c5c6c(c(C)c(O)c54)OCO6)N3[C@@H](C#N)C(C2)N1C. The van der Waals surface area contributed by atoms with E-state index in [9.17, 15) is 29.5 Å². The molecule has 0 aromatic heterocycles. The lowest BCUT2D eigenvalue weighted by atomic mass is 9.68. The fraction of sp³-hybridized carbons (Fsp3) is 0.516. The topological polar surface area (TPSA) is 168 Å². The number of carbonyl (C=O) groups excluding carboxylic acids is 4. The number of hydrogen-bond donors (Lipinski definition) is 2. The fourth-order valence-corrected chi connectivity index (χ4v) is 9.57. The molecule has 5 aliphatic heterocycles. The molecule has 1 aromatic carbocycles. The second-order valence-electron chi connectivity index (χ2n) is 12.1. The summed E-state index contributed by atoms with van der Waals surface area (Å²) < 4.78 is 23.1. The minimum absolute atomic E-state index is 0.0145. The zero-order valence-corrected chi connectivity index (χ0v) is 26.1. The van der Waals surface area contributed by atoms with Crippen LogP contribution in [0.3, 0.4) is 0 Å². The maximum atomic E-state index is 14.1. The Kier molecular flexibility index (Phi) is 6.92. The maximum Gasteiger partial charge on any atom is 0.329 e. The Hall–Kier alpha value is -4.06. The number of carbonyl (C=O) groups is 4. The number of ether oxygens (including phenoxy) is 4. The number of rotatable bonds is 2. The number of cyclic esters (lactones) is 1. The summed E-state index contributed by atoms with van der Waals surface area (Å²) in [5.74, 6) is -0.879. The predicted octanol–water partition coefficient (Wildman–Crippen LogP) is 1.34. The van der Waals surface area contributed by atoms with Crippen molar-refractivity contribution in [3.8, 4) is 23.3 Å². The molecule has 6 aliphatic rings. The Morgan fingerprint density at radius 2 is 1.87 bits per heavy atom. The number of allylic oxidation sites excluding steroid dienone is 2. The number of benzene rings is 1. The van der Waals surface area contributed by atoms with Crippen LogP contribution in [0.15, 0.2) is 22.5 Å². The van der Waals surface area contributed by atoms with E-state index < -0.39 is 53.4 Å². The van der Waals surface area contributed by atoms with Crippen molar-refractivity contribution in [3.05, 3.63) is 39.2 Å². The van der Waals surface area contributed by atoms with E-state index in [0.717, 1.165) is 0 Å². The number of amides is 1. The Labute approximate surface area is 263 Å². The zero-order valence-electron chi connectivity index (χ0n) is 25.3. The summed E-state index contributed by atoms with van der Waals surface area (Å²) in [7, 11) is 3.21. The van der Waals surface area contributed by atoms with Crippen LogP contribution in [-0.4, -0.2) is 102 Å². The molecule has 3 unspecified atom stereocenters. The van der Waals surface area contributed by atoms with Crippen LogP contribution in [0.1, 0.15) is 48.3 Å². The largest absolute Gasteiger partial charge is 0.507 e. The van der Waals surface area contributed by atoms with Gasteiger partial charge in [-0.05, 0) is 27.3 Å². The summed E-state index contributed by atoms with van der Waals surface area (Å²) in [4.78, 5) is 57.2. The van der Waals surface area contributed by atoms with E-state index in [4.69, 9.17) is 18.9 Å². The van der Waals surface area contributed by atoms with Gasteiger partial charge in [-0.2, -0.15) is 5.26 Å². The second kappa shape index (κ2) is 10.5. The molecule has 236 valence electrons. The van der Waals surface area contributed by atoms with Crippen LogP contribution in [0.4, 0.5) is 0 Å². The number of ketones is 2. The molecule has 4 bridgehead atoms. The van der Waals surface area contributed by atoms with Gasteiger partial charge < -0.3 is 29.4 Å². The maximum absolute atomic E-state index is 14.1. The normalized spacial score (nSPS) is 32.4. The monoisotopic (exact) mass is 636 g/mol. The lowest BCUT2D eigenvalue weighted by Gasteiger charge is -2.62. The third kappa shape index (κ3) is 4.00. The molecule has 7 rings (SSSR count). The van der Waals surface area contributed by atoms with Crippen LogP contribution in [0, 0.1) is 18.3 Å². The summed E-state index contributed by atoms with van der Waals surface area (Å²) in [6.45, 7) is 4.31. The highest BCUT2D eigenvalue weighted by Crippen LogP contribution is 2.61. The number of esters is 1. The third-order valence-electron chi connectivity index (χ3n) is 9.97. The standard InChI is InChI=1S/C31H32N4O9S/c1-11-24(37)14-6-16-17(7-32)35-18-8-42-31(40)15(33-13(3)36)9-45-30(21-20(18)29-28(43-10-44-29)12(2)25(21)38)23(35)22(34(16)4)19(14)26(39)27(11)41-5/h15-18,22-23,30,38H,6,8-10H2,1-5H3,(H,33,36)/t15?,16?,17-,18-,22?,23+,30+/m0/s1. The first kappa shape index (κ1) is 29.6. The van der Waals surface area contributed by atoms with E-state index in [2.05, 4.69) is 11.4 Å². The number of thioether (sulfide) groups is 1. The van der Waals surface area contributed by atoms with E-state index in [-0.39, 0.29) is 54.2 Å². The van der Waals surface area contributed by atoms with Gasteiger partial charge in [0.2, 0.25) is 18.5 Å². The first-order chi connectivity index (χ1) is 21.5. The number of aromatic hydroxyl groups is 1. The first-order valence-corrected chi connectivity index (χ1v) is 15.7. The number of methoxy groups -OCH3 is 1. The average molecular weight is 637 g/mol. The van der Waals surface area contributed by atoms with Gasteiger partial charge in [0.25, 0.3) is 0 Å². The molecule has 0 spiro atoms. The highest BCUT2D eigenvalue weighted by atomic mass is 32.2. The second-order valence-corrected chi connectivity index (χ2v) is 13.3. The number of nitrogens with zero attached hydrogens (tertiary/aromatic N) is 3. The van der Waals surface area contributed by atoms with Gasteiger partial charge in [-0.25, -0.2) is 4.79 Å². The van der Waals surface area contributed by atoms with Crippen molar-refractivity contribution in [3.63, 3.8) is 0 Å². The van der Waals surface area contributed by atoms with Crippen LogP contribution < -0.4 is 14.8 Å². The van der Waals surface area contributed by atoms with Crippen molar-refractivity contribution >= 4 is 35.2 Å². The van der Waals surface area contributed by atoms with Gasteiger partial charge in [-0.3, -0.25) is 24.2 Å². The van der Waals surface area contributed by atoms with E-state index in [1.807, 2.05) is 16.8 Å². The summed E-state index contributed by atoms with van der Waals surface area (Å²) in [6, 6.07) is -1.92. The lowest BCUT2D eigenvalue weighted by molar-refractivity contribution is -0.152. The molecule has 0 saturated carbocycles. The van der Waals surface area contributed by atoms with Crippen molar-refractivity contribution in [2.24, 2.45) is 0 Å². The molecule has 1 aliphatic carbocycles. The van der Waals surface area contributed by atoms with Crippen molar-refractivity contribution in [2.45, 2.75) is 68.7 Å². The first-order valence-electron chi connectivity index (χ1n) is 14.7. The van der Waals surface area contributed by atoms with Gasteiger partial charge >= 0.3 is 5.97 Å². The van der Waals surface area contributed by atoms with Crippen molar-refractivity contribution in [2.75, 3.05) is 33.3 Å². The van der Waals surface area contributed by atoms with E-state index in [0.29, 0.717) is 39.3 Å². The van der Waals surface area contributed by atoms with Crippen molar-refractivity contribution in [1.82, 2.24) is 15.1 Å². The number of hydrogen-bond acceptors (Lipinski definition) is 13. The Bertz CT molecular complexity index is 1700. The number of likely N-dealkylation sites (N-methyl/N-ethyl adjacent to an activating group) is 1. The molecule has 45 heavy (non-hydrogen) atoms. The lowest BCUT2D eigenvalue weighted by Crippen LogP contribution is -2.73. The number of fused-ring (bicyclic) bond motifs is 8. The average Bonchev–Trinajstić information content (AvgIpc) is 3.50. The van der Waals surface area contributed by atoms with Crippen LogP contribution in [-0.2, 0) is 28.7 Å². The van der Waals surface area contributed by atoms with Gasteiger partial charge in [0, 0.05) is 58.2 Å². The molecule has 1 amide bonds. The minimum atomic E-state index is -0.980. The number of phenols is 1. The van der Waals surface area contributed by atoms with Crippen LogP contribution in [0.25, 0.3) is 0 Å². The number of nitrogens with one attached hydrogen (secondary N) is 1. The van der Waals surface area contributed by atoms with Gasteiger partial charge in [0.15, 0.2) is 23.0 Å². The summed E-state index contributed by atoms with van der Waals surface area (Å²) in [6.07, 6.45) is 0.168. The smallest absolute Gasteiger partial charge is 0.329 e. The molecule has 5 heterocycles. The summed E-state index contributed by atoms with van der Waals surface area (Å²) in [5, 5.41) is 24.6. The molecule has 2 N–H and O–H groups in total. The van der Waals surface area contributed by atoms with E-state index >= 15 is 0 Å². The van der Waals surface area contributed by atoms with Gasteiger partial charge in [0.05, 0.1) is 30.5 Å². The van der Waals surface area contributed by atoms with Crippen LogP contribution in [0.2, 0.25) is 0 Å². The Balaban J connectivity index is 1.50. The third-order valence-corrected chi connectivity index (χ3v) is 11.4. The zero-order chi connectivity index (χ0) is 32.1. The molecular formula is C31H32N4O9S. The Morgan fingerprint density at radius 1 is 1.13 bits per heavy atom. The quantitative estimate of drug-likeness (QED) is 0.353.